The summed E-state index contributed by atoms with van der Waals surface area (Å²) in [6.07, 6.45) is 1.03. The number of hydrogen-bond acceptors (Lipinski definition) is 2. The first kappa shape index (κ1) is 18.6. The van der Waals surface area contributed by atoms with Gasteiger partial charge in [-0.15, -0.1) is 0 Å². The maximum atomic E-state index is 14.6. The van der Waals surface area contributed by atoms with E-state index < -0.39 is 0 Å². The lowest BCUT2D eigenvalue weighted by Gasteiger charge is -2.44. The molecular formula is C17H28BrFN2. The molecule has 120 valence electrons. The van der Waals surface area contributed by atoms with Crippen LogP contribution in [0.1, 0.15) is 52.6 Å². The van der Waals surface area contributed by atoms with Gasteiger partial charge in [0.25, 0.3) is 0 Å². The molecule has 1 atom stereocenters. The Hall–Kier alpha value is -0.450. The number of halogens is 2. The minimum Gasteiger partial charge on any atom is -0.308 e. The number of likely N-dealkylation sites (N-methyl/N-ethyl adjacent to an activating group) is 1. The molecule has 4 heteroatoms. The number of benzene rings is 1. The molecule has 0 radical (unpaired) electrons. The summed E-state index contributed by atoms with van der Waals surface area (Å²) in [5.74, 6) is -0.161. The Morgan fingerprint density at radius 3 is 2.38 bits per heavy atom. The van der Waals surface area contributed by atoms with Gasteiger partial charge < -0.3 is 5.32 Å². The topological polar surface area (TPSA) is 15.3 Å². The Morgan fingerprint density at radius 1 is 1.24 bits per heavy atom. The van der Waals surface area contributed by atoms with E-state index in [0.717, 1.165) is 31.6 Å². The third-order valence-corrected chi connectivity index (χ3v) is 4.79. The van der Waals surface area contributed by atoms with Crippen molar-refractivity contribution in [1.29, 1.82) is 0 Å². The smallest absolute Gasteiger partial charge is 0.142 e. The van der Waals surface area contributed by atoms with Gasteiger partial charge in [0.2, 0.25) is 0 Å². The van der Waals surface area contributed by atoms with E-state index in [1.165, 1.54) is 0 Å². The van der Waals surface area contributed by atoms with Gasteiger partial charge in [0.05, 0.1) is 10.5 Å². The highest BCUT2D eigenvalue weighted by atomic mass is 79.9. The minimum absolute atomic E-state index is 0.0464. The molecular weight excluding hydrogens is 331 g/mol. The fourth-order valence-corrected chi connectivity index (χ4v) is 3.38. The summed E-state index contributed by atoms with van der Waals surface area (Å²) in [6.45, 7) is 13.6. The molecule has 1 N–H and O–H groups in total. The second-order valence-corrected chi connectivity index (χ2v) is 6.71. The largest absolute Gasteiger partial charge is 0.308 e. The van der Waals surface area contributed by atoms with Gasteiger partial charge in [0.15, 0.2) is 0 Å². The average Bonchev–Trinajstić information content (AvgIpc) is 2.44. The maximum Gasteiger partial charge on any atom is 0.142 e. The van der Waals surface area contributed by atoms with Gasteiger partial charge in [-0.2, -0.15) is 0 Å². The summed E-state index contributed by atoms with van der Waals surface area (Å²) in [6, 6.07) is 5.50. The van der Waals surface area contributed by atoms with E-state index >= 15 is 0 Å². The zero-order chi connectivity index (χ0) is 16.0. The van der Waals surface area contributed by atoms with Crippen LogP contribution in [0.25, 0.3) is 0 Å². The van der Waals surface area contributed by atoms with Crippen LogP contribution < -0.4 is 5.32 Å². The molecule has 0 saturated heterocycles. The van der Waals surface area contributed by atoms with Crippen molar-refractivity contribution in [2.24, 2.45) is 0 Å². The van der Waals surface area contributed by atoms with E-state index in [2.05, 4.69) is 60.8 Å². The normalized spacial score (nSPS) is 13.7. The fourth-order valence-electron chi connectivity index (χ4n) is 2.99. The summed E-state index contributed by atoms with van der Waals surface area (Å²) in [4.78, 5) is 2.38. The third-order valence-electron chi connectivity index (χ3n) is 4.18. The Kier molecular flexibility index (Phi) is 7.31. The standard InChI is InChI=1S/C17H28BrFN2/c1-6-12-20-16(17(4,5)21(7-2)8-3)13-10-9-11-14(18)15(13)19/h9-11,16,20H,6-8,12H2,1-5H3. The van der Waals surface area contributed by atoms with E-state index in [-0.39, 0.29) is 17.4 Å². The van der Waals surface area contributed by atoms with Crippen LogP contribution in [0.5, 0.6) is 0 Å². The zero-order valence-electron chi connectivity index (χ0n) is 13.8. The molecule has 1 aromatic carbocycles. The number of nitrogens with one attached hydrogen (secondary N) is 1. The molecule has 0 saturated carbocycles. The molecule has 1 unspecified atom stereocenters. The van der Waals surface area contributed by atoms with E-state index in [1.807, 2.05) is 12.1 Å². The van der Waals surface area contributed by atoms with Gasteiger partial charge in [-0.05, 0) is 61.9 Å². The lowest BCUT2D eigenvalue weighted by Crippen LogP contribution is -2.53. The molecule has 0 heterocycles. The van der Waals surface area contributed by atoms with Gasteiger partial charge in [-0.1, -0.05) is 32.9 Å². The molecule has 1 aromatic rings. The fraction of sp³-hybridized carbons (Fsp3) is 0.647. The highest BCUT2D eigenvalue weighted by Crippen LogP contribution is 2.34. The molecule has 0 aliphatic carbocycles. The molecule has 0 spiro atoms. The predicted molar refractivity (Wildman–Crippen MR) is 92.1 cm³/mol. The van der Waals surface area contributed by atoms with Crippen LogP contribution >= 0.6 is 15.9 Å². The van der Waals surface area contributed by atoms with Crippen LogP contribution in [0.15, 0.2) is 22.7 Å². The van der Waals surface area contributed by atoms with Crippen LogP contribution in [0, 0.1) is 5.82 Å². The summed E-state index contributed by atoms with van der Waals surface area (Å²) >= 11 is 3.30. The number of nitrogens with zero attached hydrogens (tertiary/aromatic N) is 1. The maximum absolute atomic E-state index is 14.6. The SMILES string of the molecule is CCCNC(c1cccc(Br)c1F)C(C)(C)N(CC)CC. The van der Waals surface area contributed by atoms with E-state index in [0.29, 0.717) is 4.47 Å². The Morgan fingerprint density at radius 2 is 1.86 bits per heavy atom. The van der Waals surface area contributed by atoms with Crippen molar-refractivity contribution in [2.75, 3.05) is 19.6 Å². The lowest BCUT2D eigenvalue weighted by atomic mass is 9.86. The summed E-state index contributed by atoms with van der Waals surface area (Å²) in [5.41, 5.74) is 0.565. The van der Waals surface area contributed by atoms with Gasteiger partial charge >= 0.3 is 0 Å². The first-order chi connectivity index (χ1) is 9.89. The summed E-state index contributed by atoms with van der Waals surface area (Å²) in [5, 5.41) is 3.54. The Balaban J connectivity index is 3.24. The van der Waals surface area contributed by atoms with Crippen molar-refractivity contribution < 1.29 is 4.39 Å². The Bertz CT molecular complexity index is 444. The van der Waals surface area contributed by atoms with Gasteiger partial charge in [0, 0.05) is 11.1 Å². The second kappa shape index (κ2) is 8.25. The van der Waals surface area contributed by atoms with Crippen LogP contribution in [-0.4, -0.2) is 30.1 Å². The van der Waals surface area contributed by atoms with Gasteiger partial charge in [-0.25, -0.2) is 4.39 Å². The second-order valence-electron chi connectivity index (χ2n) is 5.86. The molecule has 0 aromatic heterocycles. The van der Waals surface area contributed by atoms with Crippen LogP contribution in [-0.2, 0) is 0 Å². The van der Waals surface area contributed by atoms with Crippen molar-refractivity contribution in [1.82, 2.24) is 10.2 Å². The van der Waals surface area contributed by atoms with Crippen LogP contribution in [0.4, 0.5) is 4.39 Å². The molecule has 2 nitrogen and oxygen atoms in total. The quantitative estimate of drug-likeness (QED) is 0.721. The third kappa shape index (κ3) is 4.27. The van der Waals surface area contributed by atoms with Gasteiger partial charge in [0.1, 0.15) is 5.82 Å². The molecule has 0 bridgehead atoms. The molecule has 0 fully saturated rings. The van der Waals surface area contributed by atoms with Crippen molar-refractivity contribution >= 4 is 15.9 Å². The number of hydrogen-bond donors (Lipinski definition) is 1. The molecule has 21 heavy (non-hydrogen) atoms. The molecule has 0 aliphatic rings. The first-order valence-corrected chi connectivity index (χ1v) is 8.61. The van der Waals surface area contributed by atoms with Crippen molar-refractivity contribution in [3.05, 3.63) is 34.1 Å². The van der Waals surface area contributed by atoms with E-state index in [1.54, 1.807) is 6.07 Å². The van der Waals surface area contributed by atoms with Crippen LogP contribution in [0.3, 0.4) is 0 Å². The van der Waals surface area contributed by atoms with E-state index in [4.69, 9.17) is 0 Å². The van der Waals surface area contributed by atoms with Crippen molar-refractivity contribution in [3.63, 3.8) is 0 Å². The Labute approximate surface area is 137 Å². The number of rotatable bonds is 8. The summed E-state index contributed by atoms with van der Waals surface area (Å²) in [7, 11) is 0. The van der Waals surface area contributed by atoms with Gasteiger partial charge in [-0.3, -0.25) is 4.90 Å². The first-order valence-electron chi connectivity index (χ1n) is 7.82. The monoisotopic (exact) mass is 358 g/mol. The highest BCUT2D eigenvalue weighted by molar-refractivity contribution is 9.10. The zero-order valence-corrected chi connectivity index (χ0v) is 15.4. The average molecular weight is 359 g/mol. The van der Waals surface area contributed by atoms with Crippen molar-refractivity contribution in [2.45, 2.75) is 52.6 Å². The molecule has 0 amide bonds. The van der Waals surface area contributed by atoms with E-state index in [9.17, 15) is 4.39 Å². The molecule has 1 rings (SSSR count). The van der Waals surface area contributed by atoms with Crippen LogP contribution in [0.2, 0.25) is 0 Å². The van der Waals surface area contributed by atoms with Crippen molar-refractivity contribution in [3.8, 4) is 0 Å². The predicted octanol–water partition coefficient (Wildman–Crippen LogP) is 4.75. The summed E-state index contributed by atoms with van der Waals surface area (Å²) < 4.78 is 15.1. The highest BCUT2D eigenvalue weighted by Gasteiger charge is 2.36. The minimum atomic E-state index is -0.166. The lowest BCUT2D eigenvalue weighted by molar-refractivity contribution is 0.0896. The molecule has 0 aliphatic heterocycles.